The average molecular weight is 327 g/mol. The number of halogens is 1. The highest BCUT2D eigenvalue weighted by Gasteiger charge is 2.31. The predicted molar refractivity (Wildman–Crippen MR) is 76.9 cm³/mol. The van der Waals surface area contributed by atoms with Gasteiger partial charge in [-0.15, -0.1) is 0 Å². The molecule has 1 aliphatic rings. The van der Waals surface area contributed by atoms with Crippen LogP contribution in [0.3, 0.4) is 0 Å². The molecule has 1 heterocycles. The van der Waals surface area contributed by atoms with Crippen molar-refractivity contribution in [2.75, 3.05) is 13.2 Å². The van der Waals surface area contributed by atoms with Gasteiger partial charge in [0.15, 0.2) is 0 Å². The van der Waals surface area contributed by atoms with Crippen molar-refractivity contribution >= 4 is 21.8 Å². The molecule has 0 unspecified atom stereocenters. The summed E-state index contributed by atoms with van der Waals surface area (Å²) in [6, 6.07) is 3.48. The summed E-state index contributed by atoms with van der Waals surface area (Å²) in [6.45, 7) is 0.685. The Hall–Kier alpha value is -0.940. The van der Waals surface area contributed by atoms with Gasteiger partial charge in [0.1, 0.15) is 4.60 Å². The third-order valence-corrected chi connectivity index (χ3v) is 4.33. The summed E-state index contributed by atoms with van der Waals surface area (Å²) in [6.07, 6.45) is 7.02. The second-order valence-corrected chi connectivity index (χ2v) is 6.08. The summed E-state index contributed by atoms with van der Waals surface area (Å²) in [5.74, 6) is -0.126. The van der Waals surface area contributed by atoms with Crippen molar-refractivity contribution in [3.8, 4) is 0 Å². The molecule has 19 heavy (non-hydrogen) atoms. The molecule has 4 nitrogen and oxygen atoms in total. The standard InChI is InChI=1S/C14H19BrN2O2/c15-12-5-4-11(8-16-12)13(19)17-9-14(10-18)6-2-1-3-7-14/h4-5,8,18H,1-3,6-7,9-10H2,(H,17,19). The van der Waals surface area contributed by atoms with E-state index in [4.69, 9.17) is 0 Å². The van der Waals surface area contributed by atoms with Crippen LogP contribution in [0, 0.1) is 5.41 Å². The van der Waals surface area contributed by atoms with Gasteiger partial charge in [0, 0.05) is 18.2 Å². The lowest BCUT2D eigenvalue weighted by molar-refractivity contribution is 0.0718. The van der Waals surface area contributed by atoms with E-state index in [1.807, 2.05) is 0 Å². The van der Waals surface area contributed by atoms with Gasteiger partial charge in [0.2, 0.25) is 0 Å². The Balaban J connectivity index is 1.93. The van der Waals surface area contributed by atoms with Crippen LogP contribution in [0.25, 0.3) is 0 Å². The Morgan fingerprint density at radius 2 is 2.11 bits per heavy atom. The Morgan fingerprint density at radius 1 is 1.37 bits per heavy atom. The highest BCUT2D eigenvalue weighted by Crippen LogP contribution is 2.35. The van der Waals surface area contributed by atoms with Crippen LogP contribution < -0.4 is 5.32 Å². The van der Waals surface area contributed by atoms with Gasteiger partial charge in [-0.05, 0) is 40.9 Å². The Kier molecular flexibility index (Phi) is 4.93. The summed E-state index contributed by atoms with van der Waals surface area (Å²) in [4.78, 5) is 16.0. The van der Waals surface area contributed by atoms with Crippen LogP contribution in [0.4, 0.5) is 0 Å². The smallest absolute Gasteiger partial charge is 0.252 e. The molecule has 1 aromatic rings. The SMILES string of the molecule is O=C(NCC1(CO)CCCCC1)c1ccc(Br)nc1. The number of pyridine rings is 1. The first-order valence-electron chi connectivity index (χ1n) is 6.66. The molecular formula is C14H19BrN2O2. The molecule has 1 fully saturated rings. The van der Waals surface area contributed by atoms with E-state index < -0.39 is 0 Å². The van der Waals surface area contributed by atoms with Crippen molar-refractivity contribution in [3.05, 3.63) is 28.5 Å². The van der Waals surface area contributed by atoms with Gasteiger partial charge in [0.05, 0.1) is 12.2 Å². The molecule has 0 spiro atoms. The van der Waals surface area contributed by atoms with E-state index >= 15 is 0 Å². The maximum atomic E-state index is 12.0. The molecule has 1 aromatic heterocycles. The average Bonchev–Trinajstić information content (AvgIpc) is 2.46. The topological polar surface area (TPSA) is 62.2 Å². The minimum atomic E-state index is -0.128. The molecule has 2 N–H and O–H groups in total. The fourth-order valence-electron chi connectivity index (χ4n) is 2.57. The van der Waals surface area contributed by atoms with Crippen molar-refractivity contribution < 1.29 is 9.90 Å². The van der Waals surface area contributed by atoms with E-state index in [1.165, 1.54) is 6.42 Å². The molecule has 5 heteroatoms. The van der Waals surface area contributed by atoms with Crippen molar-refractivity contribution in [2.45, 2.75) is 32.1 Å². The zero-order valence-corrected chi connectivity index (χ0v) is 12.4. The number of nitrogens with zero attached hydrogens (tertiary/aromatic N) is 1. The third-order valence-electron chi connectivity index (χ3n) is 3.86. The number of hydrogen-bond donors (Lipinski definition) is 2. The summed E-state index contributed by atoms with van der Waals surface area (Å²) in [5, 5.41) is 12.5. The number of nitrogens with one attached hydrogen (secondary N) is 1. The lowest BCUT2D eigenvalue weighted by Crippen LogP contribution is -2.41. The zero-order chi connectivity index (χ0) is 13.7. The normalized spacial score (nSPS) is 18.0. The van der Waals surface area contributed by atoms with Crippen LogP contribution in [0.1, 0.15) is 42.5 Å². The third kappa shape index (κ3) is 3.76. The molecule has 104 valence electrons. The minimum absolute atomic E-state index is 0.126. The number of hydrogen-bond acceptors (Lipinski definition) is 3. The van der Waals surface area contributed by atoms with Crippen molar-refractivity contribution in [1.82, 2.24) is 10.3 Å². The van der Waals surface area contributed by atoms with Gasteiger partial charge in [0.25, 0.3) is 5.91 Å². The van der Waals surface area contributed by atoms with Crippen LogP contribution in [0.2, 0.25) is 0 Å². The molecule has 1 aliphatic carbocycles. The van der Waals surface area contributed by atoms with E-state index in [2.05, 4.69) is 26.2 Å². The second-order valence-electron chi connectivity index (χ2n) is 5.27. The fourth-order valence-corrected chi connectivity index (χ4v) is 2.81. The number of aliphatic hydroxyl groups excluding tert-OH is 1. The maximum absolute atomic E-state index is 12.0. The summed E-state index contributed by atoms with van der Waals surface area (Å²) in [5.41, 5.74) is 0.420. The van der Waals surface area contributed by atoms with Crippen molar-refractivity contribution in [2.24, 2.45) is 5.41 Å². The number of carbonyl (C=O) groups is 1. The Bertz CT molecular complexity index is 428. The zero-order valence-electron chi connectivity index (χ0n) is 10.9. The Morgan fingerprint density at radius 3 is 2.68 bits per heavy atom. The van der Waals surface area contributed by atoms with Crippen LogP contribution in [0.15, 0.2) is 22.9 Å². The van der Waals surface area contributed by atoms with Crippen LogP contribution in [-0.4, -0.2) is 29.1 Å². The second kappa shape index (κ2) is 6.48. The molecule has 1 saturated carbocycles. The molecule has 0 saturated heterocycles. The van der Waals surface area contributed by atoms with Gasteiger partial charge >= 0.3 is 0 Å². The molecule has 0 aromatic carbocycles. The lowest BCUT2D eigenvalue weighted by atomic mass is 9.74. The van der Waals surface area contributed by atoms with Gasteiger partial charge < -0.3 is 10.4 Å². The number of aliphatic hydroxyl groups is 1. The van der Waals surface area contributed by atoms with Gasteiger partial charge in [-0.3, -0.25) is 4.79 Å². The molecular weight excluding hydrogens is 308 g/mol. The minimum Gasteiger partial charge on any atom is -0.396 e. The van der Waals surface area contributed by atoms with Crippen molar-refractivity contribution in [1.29, 1.82) is 0 Å². The van der Waals surface area contributed by atoms with Gasteiger partial charge in [-0.25, -0.2) is 4.98 Å². The number of rotatable bonds is 4. The molecule has 0 atom stereocenters. The first kappa shape index (κ1) is 14.5. The van der Waals surface area contributed by atoms with Crippen LogP contribution in [-0.2, 0) is 0 Å². The number of carbonyl (C=O) groups excluding carboxylic acids is 1. The first-order valence-corrected chi connectivity index (χ1v) is 7.45. The molecule has 1 amide bonds. The van der Waals surface area contributed by atoms with Gasteiger partial charge in [-0.1, -0.05) is 19.3 Å². The van der Waals surface area contributed by atoms with Gasteiger partial charge in [-0.2, -0.15) is 0 Å². The fraction of sp³-hybridized carbons (Fsp3) is 0.571. The van der Waals surface area contributed by atoms with E-state index in [9.17, 15) is 9.90 Å². The van der Waals surface area contributed by atoms with E-state index in [1.54, 1.807) is 18.3 Å². The van der Waals surface area contributed by atoms with Crippen molar-refractivity contribution in [3.63, 3.8) is 0 Å². The lowest BCUT2D eigenvalue weighted by Gasteiger charge is -2.35. The largest absolute Gasteiger partial charge is 0.396 e. The number of amides is 1. The van der Waals surface area contributed by atoms with Crippen LogP contribution >= 0.6 is 15.9 Å². The van der Waals surface area contributed by atoms with E-state index in [0.29, 0.717) is 16.7 Å². The summed E-state index contributed by atoms with van der Waals surface area (Å²) < 4.78 is 0.711. The quantitative estimate of drug-likeness (QED) is 0.836. The summed E-state index contributed by atoms with van der Waals surface area (Å²) >= 11 is 3.24. The van der Waals surface area contributed by atoms with Crippen LogP contribution in [0.5, 0.6) is 0 Å². The highest BCUT2D eigenvalue weighted by molar-refractivity contribution is 9.10. The van der Waals surface area contributed by atoms with E-state index in [-0.39, 0.29) is 17.9 Å². The summed E-state index contributed by atoms with van der Waals surface area (Å²) in [7, 11) is 0. The number of aromatic nitrogens is 1. The van der Waals surface area contributed by atoms with E-state index in [0.717, 1.165) is 25.7 Å². The highest BCUT2D eigenvalue weighted by atomic mass is 79.9. The first-order chi connectivity index (χ1) is 9.15. The molecule has 0 bridgehead atoms. The monoisotopic (exact) mass is 326 g/mol. The maximum Gasteiger partial charge on any atom is 0.252 e. The predicted octanol–water partition coefficient (Wildman–Crippen LogP) is 2.52. The molecule has 0 aliphatic heterocycles. The Labute approximate surface area is 121 Å². The molecule has 0 radical (unpaired) electrons. The molecule has 2 rings (SSSR count).